The number of fused-ring (bicyclic) bond motifs is 1. The van der Waals surface area contributed by atoms with E-state index in [1.54, 1.807) is 33.5 Å². The predicted molar refractivity (Wildman–Crippen MR) is 131 cm³/mol. The second-order valence-corrected chi connectivity index (χ2v) is 8.88. The maximum Gasteiger partial charge on any atom is 0.233 e. The number of aromatic hydroxyl groups is 1. The Morgan fingerprint density at radius 2 is 1.61 bits per heavy atom. The Morgan fingerprint density at radius 3 is 2.25 bits per heavy atom. The van der Waals surface area contributed by atoms with E-state index in [1.165, 1.54) is 7.11 Å². The number of carbonyl (C=O) groups excluding carboxylic acids is 1. The average Bonchev–Trinajstić information content (AvgIpc) is 3.26. The van der Waals surface area contributed by atoms with Gasteiger partial charge in [0.15, 0.2) is 28.8 Å². The molecule has 1 aliphatic carbocycles. The molecule has 9 heteroatoms. The molecule has 0 spiro atoms. The molecule has 0 saturated heterocycles. The summed E-state index contributed by atoms with van der Waals surface area (Å²) in [5, 5.41) is 17.5. The van der Waals surface area contributed by atoms with Crippen LogP contribution >= 0.6 is 0 Å². The highest BCUT2D eigenvalue weighted by molar-refractivity contribution is 6.01. The van der Waals surface area contributed by atoms with E-state index in [-0.39, 0.29) is 17.5 Å². The number of benzene rings is 2. The topological polar surface area (TPSA) is 112 Å². The van der Waals surface area contributed by atoms with Crippen LogP contribution in [0.25, 0.3) is 0 Å². The molecule has 0 bridgehead atoms. The molecule has 0 radical (unpaired) electrons. The minimum Gasteiger partial charge on any atom is -0.504 e. The van der Waals surface area contributed by atoms with E-state index in [4.69, 9.17) is 23.5 Å². The number of aromatic nitrogens is 1. The molecule has 1 aliphatic heterocycles. The molecule has 0 amide bonds. The molecule has 2 heterocycles. The number of nitrogens with one attached hydrogen (secondary N) is 1. The van der Waals surface area contributed by atoms with E-state index in [0.717, 1.165) is 22.4 Å². The number of anilines is 1. The molecule has 0 fully saturated rings. The number of hydrogen-bond acceptors (Lipinski definition) is 9. The molecule has 1 aromatic heterocycles. The standard InChI is InChI=1S/C27H28N2O7/c1-13-23-24(16-11-21(33-3)26(35-5)22(12-16)34-4)25-17(28-27(23)36-29-13)8-15(9-19(25)31)14-6-7-18(30)20(10-14)32-2/h6-7,10-12,15,24,28,30H,8-9H2,1-5H3/t15-,24+/m1/s1. The van der Waals surface area contributed by atoms with Gasteiger partial charge in [0, 0.05) is 23.6 Å². The highest BCUT2D eigenvalue weighted by Crippen LogP contribution is 2.51. The van der Waals surface area contributed by atoms with Gasteiger partial charge in [-0.25, -0.2) is 0 Å². The van der Waals surface area contributed by atoms with Gasteiger partial charge in [-0.15, -0.1) is 0 Å². The first-order valence-corrected chi connectivity index (χ1v) is 11.6. The number of phenols is 1. The largest absolute Gasteiger partial charge is 0.504 e. The van der Waals surface area contributed by atoms with Crippen molar-refractivity contribution in [3.05, 3.63) is 64.0 Å². The highest BCUT2D eigenvalue weighted by Gasteiger charge is 2.41. The van der Waals surface area contributed by atoms with Crippen molar-refractivity contribution in [3.63, 3.8) is 0 Å². The summed E-state index contributed by atoms with van der Waals surface area (Å²) in [6.07, 6.45) is 0.893. The fourth-order valence-electron chi connectivity index (χ4n) is 5.26. The number of ketones is 1. The quantitative estimate of drug-likeness (QED) is 0.506. The van der Waals surface area contributed by atoms with Crippen molar-refractivity contribution < 1.29 is 33.4 Å². The van der Waals surface area contributed by atoms with Gasteiger partial charge in [0.1, 0.15) is 0 Å². The van der Waals surface area contributed by atoms with Crippen LogP contribution < -0.4 is 24.3 Å². The van der Waals surface area contributed by atoms with Crippen LogP contribution in [0.3, 0.4) is 0 Å². The van der Waals surface area contributed by atoms with Gasteiger partial charge in [-0.2, -0.15) is 0 Å². The Hall–Kier alpha value is -4.14. The van der Waals surface area contributed by atoms with Crippen LogP contribution in [0, 0.1) is 6.92 Å². The summed E-state index contributed by atoms with van der Waals surface area (Å²) in [5.74, 6) is 1.94. The molecule has 3 aromatic rings. The van der Waals surface area contributed by atoms with Gasteiger partial charge in [-0.1, -0.05) is 11.2 Å². The van der Waals surface area contributed by atoms with Gasteiger partial charge < -0.3 is 33.9 Å². The van der Waals surface area contributed by atoms with Crippen molar-refractivity contribution >= 4 is 11.7 Å². The molecule has 188 valence electrons. The number of hydrogen-bond donors (Lipinski definition) is 2. The first kappa shape index (κ1) is 23.6. The van der Waals surface area contributed by atoms with E-state index < -0.39 is 5.92 Å². The number of phenolic OH excluding ortho intramolecular Hbond substituents is 1. The smallest absolute Gasteiger partial charge is 0.233 e. The summed E-state index contributed by atoms with van der Waals surface area (Å²) >= 11 is 0. The van der Waals surface area contributed by atoms with Gasteiger partial charge in [0.05, 0.1) is 39.7 Å². The SMILES string of the molecule is COc1cc([C@H]2CC(=O)C3=C(C2)Nc2onc(C)c2[C@@H]3c2cc(OC)c(OC)c(OC)c2)ccc1O. The van der Waals surface area contributed by atoms with Gasteiger partial charge in [0.2, 0.25) is 11.6 Å². The lowest BCUT2D eigenvalue weighted by atomic mass is 9.72. The van der Waals surface area contributed by atoms with Gasteiger partial charge in [-0.3, -0.25) is 4.79 Å². The van der Waals surface area contributed by atoms with Gasteiger partial charge in [0.25, 0.3) is 0 Å². The van der Waals surface area contributed by atoms with E-state index in [9.17, 15) is 9.90 Å². The molecule has 0 saturated carbocycles. The average molecular weight is 493 g/mol. The van der Waals surface area contributed by atoms with Crippen molar-refractivity contribution in [2.45, 2.75) is 31.6 Å². The summed E-state index contributed by atoms with van der Waals surface area (Å²) in [5.41, 5.74) is 4.68. The molecule has 0 unspecified atom stereocenters. The Kier molecular flexibility index (Phi) is 5.99. The van der Waals surface area contributed by atoms with Crippen molar-refractivity contribution in [2.75, 3.05) is 33.8 Å². The Bertz CT molecular complexity index is 1350. The highest BCUT2D eigenvalue weighted by atomic mass is 16.5. The number of carbonyl (C=O) groups is 1. The molecule has 2 aliphatic rings. The van der Waals surface area contributed by atoms with Gasteiger partial charge in [-0.05, 0) is 54.7 Å². The molecule has 36 heavy (non-hydrogen) atoms. The summed E-state index contributed by atoms with van der Waals surface area (Å²) in [4.78, 5) is 13.8. The van der Waals surface area contributed by atoms with Crippen LogP contribution in [0.2, 0.25) is 0 Å². The third-order valence-corrected chi connectivity index (χ3v) is 6.95. The lowest BCUT2D eigenvalue weighted by Gasteiger charge is -2.34. The number of Topliss-reactive ketones (excluding diaryl/α,β-unsaturated/α-hetero) is 1. The molecular weight excluding hydrogens is 464 g/mol. The number of nitrogens with zero attached hydrogens (tertiary/aromatic N) is 1. The van der Waals surface area contributed by atoms with Crippen LogP contribution in [0.1, 0.15) is 47.1 Å². The molecular formula is C27H28N2O7. The van der Waals surface area contributed by atoms with Crippen LogP contribution in [-0.2, 0) is 4.79 Å². The first-order chi connectivity index (χ1) is 17.4. The van der Waals surface area contributed by atoms with Crippen molar-refractivity contribution in [3.8, 4) is 28.7 Å². The molecule has 2 atom stereocenters. The van der Waals surface area contributed by atoms with Crippen LogP contribution in [0.4, 0.5) is 5.88 Å². The zero-order valence-electron chi connectivity index (χ0n) is 20.8. The third-order valence-electron chi connectivity index (χ3n) is 6.95. The lowest BCUT2D eigenvalue weighted by molar-refractivity contribution is -0.116. The number of allylic oxidation sites excluding steroid dienone is 2. The molecule has 5 rings (SSSR count). The maximum absolute atomic E-state index is 13.8. The predicted octanol–water partition coefficient (Wildman–Crippen LogP) is 4.68. The van der Waals surface area contributed by atoms with Crippen molar-refractivity contribution in [1.29, 1.82) is 0 Å². The number of aryl methyl sites for hydroxylation is 1. The normalized spacial score (nSPS) is 18.8. The monoisotopic (exact) mass is 492 g/mol. The number of rotatable bonds is 6. The Morgan fingerprint density at radius 1 is 0.944 bits per heavy atom. The fraction of sp³-hybridized carbons (Fsp3) is 0.333. The zero-order chi connectivity index (χ0) is 25.6. The summed E-state index contributed by atoms with van der Waals surface area (Å²) < 4.78 is 27.6. The second-order valence-electron chi connectivity index (χ2n) is 8.88. The van der Waals surface area contributed by atoms with Crippen molar-refractivity contribution in [1.82, 2.24) is 5.16 Å². The minimum absolute atomic E-state index is 0.0193. The zero-order valence-corrected chi connectivity index (χ0v) is 20.8. The first-order valence-electron chi connectivity index (χ1n) is 11.6. The number of methoxy groups -OCH3 is 4. The van der Waals surface area contributed by atoms with Crippen LogP contribution in [-0.4, -0.2) is 44.5 Å². The lowest BCUT2D eigenvalue weighted by Crippen LogP contribution is -2.29. The summed E-state index contributed by atoms with van der Waals surface area (Å²) in [7, 11) is 6.18. The Balaban J connectivity index is 1.64. The van der Waals surface area contributed by atoms with E-state index in [0.29, 0.717) is 53.0 Å². The minimum atomic E-state index is -0.418. The molecule has 9 nitrogen and oxygen atoms in total. The van der Waals surface area contributed by atoms with Crippen LogP contribution in [0.15, 0.2) is 46.1 Å². The van der Waals surface area contributed by atoms with Gasteiger partial charge >= 0.3 is 0 Å². The molecule has 2 N–H and O–H groups in total. The van der Waals surface area contributed by atoms with E-state index in [1.807, 2.05) is 25.1 Å². The van der Waals surface area contributed by atoms with E-state index in [2.05, 4.69) is 10.5 Å². The third kappa shape index (κ3) is 3.71. The van der Waals surface area contributed by atoms with E-state index >= 15 is 0 Å². The number of ether oxygens (including phenoxy) is 4. The second kappa shape index (κ2) is 9.14. The maximum atomic E-state index is 13.8. The Labute approximate surface area is 208 Å². The molecule has 2 aromatic carbocycles. The summed E-state index contributed by atoms with van der Waals surface area (Å²) in [6, 6.07) is 8.92. The summed E-state index contributed by atoms with van der Waals surface area (Å²) in [6.45, 7) is 1.86. The van der Waals surface area contributed by atoms with Crippen molar-refractivity contribution in [2.24, 2.45) is 0 Å². The fourth-order valence-corrected chi connectivity index (χ4v) is 5.26. The van der Waals surface area contributed by atoms with Crippen LogP contribution in [0.5, 0.6) is 28.7 Å².